The zero-order valence-electron chi connectivity index (χ0n) is 29.0. The van der Waals surface area contributed by atoms with Gasteiger partial charge in [0, 0.05) is 72.7 Å². The molecule has 3 saturated heterocycles. The minimum atomic E-state index is -0.213. The molecule has 256 valence electrons. The Balaban J connectivity index is 1.52. The summed E-state index contributed by atoms with van der Waals surface area (Å²) >= 11 is 0. The van der Waals surface area contributed by atoms with Crippen molar-refractivity contribution < 1.29 is 28.7 Å². The molecule has 0 saturated carbocycles. The van der Waals surface area contributed by atoms with Gasteiger partial charge < -0.3 is 30.7 Å². The number of hydrogen-bond acceptors (Lipinski definition) is 10. The van der Waals surface area contributed by atoms with Gasteiger partial charge in [0.2, 0.25) is 0 Å². The summed E-state index contributed by atoms with van der Waals surface area (Å²) in [4.78, 5) is 50.7. The molecule has 12 unspecified atom stereocenters. The van der Waals surface area contributed by atoms with E-state index in [4.69, 9.17) is 9.47 Å². The van der Waals surface area contributed by atoms with E-state index in [0.717, 1.165) is 43.3 Å². The van der Waals surface area contributed by atoms with Crippen LogP contribution in [0.15, 0.2) is 22.3 Å². The van der Waals surface area contributed by atoms with Crippen molar-refractivity contribution in [2.45, 2.75) is 141 Å². The highest BCUT2D eigenvalue weighted by molar-refractivity contribution is 5.96. The molecule has 10 heteroatoms. The van der Waals surface area contributed by atoms with E-state index in [-0.39, 0.29) is 95.5 Å². The number of ether oxygens (including phenoxy) is 2. The number of carbonyl (C=O) groups excluding carboxylic acids is 4. The molecule has 0 aromatic carbocycles. The van der Waals surface area contributed by atoms with Crippen molar-refractivity contribution in [3.63, 3.8) is 0 Å². The van der Waals surface area contributed by atoms with Crippen LogP contribution < -0.4 is 21.3 Å². The molecule has 0 radical (unpaired) electrons. The number of rotatable bonds is 8. The lowest BCUT2D eigenvalue weighted by Gasteiger charge is -2.28. The van der Waals surface area contributed by atoms with Gasteiger partial charge in [-0.1, -0.05) is 25.0 Å². The third-order valence-corrected chi connectivity index (χ3v) is 12.4. The summed E-state index contributed by atoms with van der Waals surface area (Å²) in [5.74, 6) is 0.510. The Morgan fingerprint density at radius 3 is 1.87 bits per heavy atom. The highest BCUT2D eigenvalue weighted by atomic mass is 16.5. The Morgan fingerprint density at radius 2 is 1.22 bits per heavy atom. The van der Waals surface area contributed by atoms with Crippen LogP contribution in [0, 0.1) is 23.7 Å². The van der Waals surface area contributed by atoms with E-state index in [0.29, 0.717) is 19.3 Å². The van der Waals surface area contributed by atoms with Crippen LogP contribution in [-0.2, 0) is 28.7 Å². The van der Waals surface area contributed by atoms with Crippen LogP contribution in [0.5, 0.6) is 0 Å². The lowest BCUT2D eigenvalue weighted by atomic mass is 9.80. The minimum Gasteiger partial charge on any atom is -0.469 e. The summed E-state index contributed by atoms with van der Waals surface area (Å²) < 4.78 is 10.0. The summed E-state index contributed by atoms with van der Waals surface area (Å²) in [5, 5.41) is 15.7. The van der Waals surface area contributed by atoms with Gasteiger partial charge in [-0.15, -0.1) is 0 Å². The fraction of sp³-hybridized carbons (Fsp3) is 0.778. The van der Waals surface area contributed by atoms with Crippen molar-refractivity contribution in [2.75, 3.05) is 14.2 Å². The van der Waals surface area contributed by atoms with E-state index in [1.165, 1.54) is 25.4 Å². The molecule has 0 aliphatic carbocycles. The smallest absolute Gasteiger partial charge is 0.305 e. The monoisotopic (exact) mass is 640 g/mol. The third-order valence-electron chi connectivity index (χ3n) is 12.4. The number of fused-ring (bicyclic) bond motifs is 8. The Bertz CT molecular complexity index is 1280. The number of ketones is 2. The summed E-state index contributed by atoms with van der Waals surface area (Å²) in [7, 11) is 2.88. The van der Waals surface area contributed by atoms with E-state index in [2.05, 4.69) is 49.0 Å². The third kappa shape index (κ3) is 6.91. The van der Waals surface area contributed by atoms with Crippen molar-refractivity contribution in [1.82, 2.24) is 21.3 Å². The van der Waals surface area contributed by atoms with Crippen LogP contribution >= 0.6 is 0 Å². The lowest BCUT2D eigenvalue weighted by Crippen LogP contribution is -2.46. The second-order valence-corrected chi connectivity index (χ2v) is 14.8. The lowest BCUT2D eigenvalue weighted by molar-refractivity contribution is -0.141. The number of methoxy groups -OCH3 is 2. The molecule has 8 bridgehead atoms. The molecule has 0 amide bonds. The molecule has 0 spiro atoms. The summed E-state index contributed by atoms with van der Waals surface area (Å²) in [5.41, 5.74) is 4.53. The fourth-order valence-corrected chi connectivity index (χ4v) is 9.90. The van der Waals surface area contributed by atoms with Gasteiger partial charge in [0.25, 0.3) is 0 Å². The van der Waals surface area contributed by atoms with Gasteiger partial charge in [0.05, 0.1) is 14.2 Å². The molecule has 5 aliphatic rings. The summed E-state index contributed by atoms with van der Waals surface area (Å²) in [6, 6.07) is 0.604. The van der Waals surface area contributed by atoms with Crippen molar-refractivity contribution in [3.05, 3.63) is 22.3 Å². The average molecular weight is 641 g/mol. The summed E-state index contributed by atoms with van der Waals surface area (Å²) in [6.45, 7) is 12.1. The van der Waals surface area contributed by atoms with Crippen molar-refractivity contribution >= 4 is 23.5 Å². The van der Waals surface area contributed by atoms with E-state index in [1.54, 1.807) is 13.8 Å². The number of hydrogen-bond donors (Lipinski definition) is 4. The standard InChI is InChI=1S/C36H56N4O6/c1-17-23(9-11-33(43)45-7)29-16-30-24(10-12-34(44)46-8)18(2)26(38-30)14-31-36(22(6)42)20(4)28(40-31)15-32-35(21(5)41)19(3)27(39-32)13-25(17)37-29/h18-19,24-32,35,37-40H,9-16H2,1-8H3. The van der Waals surface area contributed by atoms with Crippen LogP contribution in [0.25, 0.3) is 0 Å². The van der Waals surface area contributed by atoms with Crippen LogP contribution in [-0.4, -0.2) is 86.1 Å². The normalized spacial score (nSPS) is 39.1. The molecule has 5 aliphatic heterocycles. The van der Waals surface area contributed by atoms with Crippen molar-refractivity contribution in [3.8, 4) is 0 Å². The first-order valence-electron chi connectivity index (χ1n) is 17.4. The number of esters is 2. The summed E-state index contributed by atoms with van der Waals surface area (Å²) in [6.07, 6.45) is 5.27. The fourth-order valence-electron chi connectivity index (χ4n) is 9.90. The molecule has 0 aromatic heterocycles. The van der Waals surface area contributed by atoms with Crippen LogP contribution in [0.2, 0.25) is 0 Å². The minimum absolute atomic E-state index is 0.0145. The zero-order chi connectivity index (χ0) is 33.4. The predicted molar refractivity (Wildman–Crippen MR) is 176 cm³/mol. The predicted octanol–water partition coefficient (Wildman–Crippen LogP) is 3.14. The number of carbonyl (C=O) groups is 4. The van der Waals surface area contributed by atoms with Gasteiger partial charge in [-0.2, -0.15) is 0 Å². The quantitative estimate of drug-likeness (QED) is 0.232. The van der Waals surface area contributed by atoms with Gasteiger partial charge in [-0.05, 0) is 89.5 Å². The zero-order valence-corrected chi connectivity index (χ0v) is 29.0. The molecular formula is C36H56N4O6. The molecule has 5 rings (SSSR count). The molecule has 5 heterocycles. The maximum absolute atomic E-state index is 13.1. The first-order chi connectivity index (χ1) is 21.8. The Kier molecular flexibility index (Phi) is 10.9. The number of nitrogens with one attached hydrogen (secondary N) is 4. The van der Waals surface area contributed by atoms with Gasteiger partial charge in [-0.3, -0.25) is 19.2 Å². The maximum Gasteiger partial charge on any atom is 0.305 e. The van der Waals surface area contributed by atoms with E-state index in [1.807, 2.05) is 0 Å². The van der Waals surface area contributed by atoms with E-state index in [9.17, 15) is 19.2 Å². The molecule has 12 atom stereocenters. The number of Topliss-reactive ketones (excluding diaryl/α,β-unsaturated/α-hetero) is 2. The molecule has 10 nitrogen and oxygen atoms in total. The highest BCUT2D eigenvalue weighted by Gasteiger charge is 2.49. The molecule has 4 N–H and O–H groups in total. The van der Waals surface area contributed by atoms with E-state index >= 15 is 0 Å². The highest BCUT2D eigenvalue weighted by Crippen LogP contribution is 2.42. The first kappa shape index (κ1) is 34.9. The average Bonchev–Trinajstić information content (AvgIpc) is 3.67. The Labute approximate surface area is 274 Å². The van der Waals surface area contributed by atoms with Crippen LogP contribution in [0.3, 0.4) is 0 Å². The molecular weight excluding hydrogens is 584 g/mol. The Morgan fingerprint density at radius 1 is 0.674 bits per heavy atom. The second-order valence-electron chi connectivity index (χ2n) is 14.8. The molecule has 46 heavy (non-hydrogen) atoms. The van der Waals surface area contributed by atoms with Crippen LogP contribution in [0.4, 0.5) is 0 Å². The largest absolute Gasteiger partial charge is 0.469 e. The Hall–Kier alpha value is -2.40. The topological polar surface area (TPSA) is 135 Å². The first-order valence-corrected chi connectivity index (χ1v) is 17.4. The van der Waals surface area contributed by atoms with Gasteiger partial charge >= 0.3 is 11.9 Å². The maximum atomic E-state index is 13.1. The van der Waals surface area contributed by atoms with Crippen molar-refractivity contribution in [1.29, 1.82) is 0 Å². The molecule has 0 aromatic rings. The van der Waals surface area contributed by atoms with E-state index < -0.39 is 0 Å². The second kappa shape index (κ2) is 14.4. The van der Waals surface area contributed by atoms with Gasteiger partial charge in [-0.25, -0.2) is 0 Å². The van der Waals surface area contributed by atoms with Gasteiger partial charge in [0.1, 0.15) is 5.78 Å². The SMILES string of the molecule is COC(=O)CCC1=C(C)C2CC3NC(CC4NC(CC5NC(CC1N2)C(CCC(=O)OC)C5C)C(C(C)=O)=C4C)C(C(C)=O)C3C. The van der Waals surface area contributed by atoms with Gasteiger partial charge in [0.15, 0.2) is 5.78 Å². The van der Waals surface area contributed by atoms with Crippen LogP contribution in [0.1, 0.15) is 92.9 Å². The van der Waals surface area contributed by atoms with Crippen molar-refractivity contribution in [2.24, 2.45) is 23.7 Å². The molecule has 3 fully saturated rings.